The number of hydrogen-bond donors (Lipinski definition) is 1. The highest BCUT2D eigenvalue weighted by Crippen LogP contribution is 2.17. The third-order valence-electron chi connectivity index (χ3n) is 3.54. The summed E-state index contributed by atoms with van der Waals surface area (Å²) in [5, 5.41) is 3.47. The molecule has 2 unspecified atom stereocenters. The van der Waals surface area contributed by atoms with E-state index in [1.165, 1.54) is 5.56 Å². The van der Waals surface area contributed by atoms with Crippen LogP contribution in [0.2, 0.25) is 0 Å². The van der Waals surface area contributed by atoms with Gasteiger partial charge in [-0.1, -0.05) is 43.7 Å². The molecular weight excluding hydrogens is 224 g/mol. The van der Waals surface area contributed by atoms with E-state index in [-0.39, 0.29) is 18.1 Å². The first-order chi connectivity index (χ1) is 8.76. The van der Waals surface area contributed by atoms with E-state index in [1.807, 2.05) is 30.0 Å². The highest BCUT2D eigenvalue weighted by molar-refractivity contribution is 5.84. The van der Waals surface area contributed by atoms with Crippen LogP contribution in [0.25, 0.3) is 0 Å². The smallest absolute Gasteiger partial charge is 0.241 e. The number of carbonyl (C=O) groups is 1. The number of carbonyl (C=O) groups excluding carboxylic acids is 1. The molecule has 0 saturated carbocycles. The molecule has 1 heterocycles. The summed E-state index contributed by atoms with van der Waals surface area (Å²) in [6.45, 7) is 5.00. The molecule has 2 atom stereocenters. The second-order valence-corrected chi connectivity index (χ2v) is 4.84. The van der Waals surface area contributed by atoms with Gasteiger partial charge in [0.15, 0.2) is 0 Å². The number of amides is 1. The first-order valence-electron chi connectivity index (χ1n) is 6.86. The Bertz CT molecular complexity index is 391. The molecule has 1 amide bonds. The lowest BCUT2D eigenvalue weighted by Crippen LogP contribution is -2.37. The highest BCUT2D eigenvalue weighted by Gasteiger charge is 2.36. The van der Waals surface area contributed by atoms with Crippen molar-refractivity contribution < 1.29 is 4.79 Å². The Morgan fingerprint density at radius 1 is 1.22 bits per heavy atom. The van der Waals surface area contributed by atoms with Crippen molar-refractivity contribution in [3.8, 4) is 0 Å². The molecule has 98 valence electrons. The van der Waals surface area contributed by atoms with Gasteiger partial charge in [0, 0.05) is 6.54 Å². The average molecular weight is 246 g/mol. The summed E-state index contributed by atoms with van der Waals surface area (Å²) < 4.78 is 0. The lowest BCUT2D eigenvalue weighted by molar-refractivity contribution is -0.129. The standard InChI is InChI=1S/C15H22N2O/c1-3-8-14-16-13(15(18)17(14)4-2)11-12-9-6-5-7-10-12/h5-7,9-10,13-14,16H,3-4,8,11H2,1-2H3. The third-order valence-corrected chi connectivity index (χ3v) is 3.54. The molecule has 1 aromatic rings. The van der Waals surface area contributed by atoms with E-state index >= 15 is 0 Å². The molecule has 1 N–H and O–H groups in total. The van der Waals surface area contributed by atoms with Gasteiger partial charge >= 0.3 is 0 Å². The van der Waals surface area contributed by atoms with E-state index in [9.17, 15) is 4.79 Å². The zero-order valence-corrected chi connectivity index (χ0v) is 11.2. The largest absolute Gasteiger partial charge is 0.326 e. The minimum absolute atomic E-state index is 0.0519. The van der Waals surface area contributed by atoms with Crippen molar-refractivity contribution in [3.05, 3.63) is 35.9 Å². The molecule has 0 spiro atoms. The van der Waals surface area contributed by atoms with Crippen LogP contribution in [0.15, 0.2) is 30.3 Å². The Morgan fingerprint density at radius 2 is 1.94 bits per heavy atom. The van der Waals surface area contributed by atoms with Gasteiger partial charge in [-0.2, -0.15) is 0 Å². The predicted molar refractivity (Wildman–Crippen MR) is 73.2 cm³/mol. The molecule has 0 bridgehead atoms. The second-order valence-electron chi connectivity index (χ2n) is 4.84. The van der Waals surface area contributed by atoms with Gasteiger partial charge in [0.25, 0.3) is 0 Å². The van der Waals surface area contributed by atoms with Crippen LogP contribution in [0.1, 0.15) is 32.3 Å². The zero-order valence-electron chi connectivity index (χ0n) is 11.2. The number of nitrogens with one attached hydrogen (secondary N) is 1. The van der Waals surface area contributed by atoms with Crippen LogP contribution in [-0.2, 0) is 11.2 Å². The Balaban J connectivity index is 2.04. The van der Waals surface area contributed by atoms with E-state index in [2.05, 4.69) is 24.4 Å². The first kappa shape index (κ1) is 13.1. The molecular formula is C15H22N2O. The summed E-state index contributed by atoms with van der Waals surface area (Å²) in [5.74, 6) is 0.250. The van der Waals surface area contributed by atoms with Gasteiger partial charge in [0.05, 0.1) is 12.2 Å². The first-order valence-corrected chi connectivity index (χ1v) is 6.86. The Hall–Kier alpha value is -1.35. The third kappa shape index (κ3) is 2.72. The maximum atomic E-state index is 12.3. The second kappa shape index (κ2) is 6.01. The van der Waals surface area contributed by atoms with Crippen LogP contribution >= 0.6 is 0 Å². The molecule has 1 fully saturated rings. The number of hydrogen-bond acceptors (Lipinski definition) is 2. The molecule has 18 heavy (non-hydrogen) atoms. The summed E-state index contributed by atoms with van der Waals surface area (Å²) in [5.41, 5.74) is 1.22. The Morgan fingerprint density at radius 3 is 2.56 bits per heavy atom. The molecule has 1 saturated heterocycles. The van der Waals surface area contributed by atoms with Crippen molar-refractivity contribution in [2.45, 2.75) is 45.3 Å². The molecule has 3 nitrogen and oxygen atoms in total. The number of nitrogens with zero attached hydrogens (tertiary/aromatic N) is 1. The van der Waals surface area contributed by atoms with Crippen LogP contribution in [0.3, 0.4) is 0 Å². The SMILES string of the molecule is CCCC1NC(Cc2ccccc2)C(=O)N1CC. The van der Waals surface area contributed by atoms with Crippen molar-refractivity contribution in [2.24, 2.45) is 0 Å². The van der Waals surface area contributed by atoms with Crippen molar-refractivity contribution >= 4 is 5.91 Å². The number of rotatable bonds is 5. The van der Waals surface area contributed by atoms with Gasteiger partial charge < -0.3 is 4.90 Å². The van der Waals surface area contributed by atoms with Crippen molar-refractivity contribution in [1.82, 2.24) is 10.2 Å². The van der Waals surface area contributed by atoms with Gasteiger partial charge in [-0.25, -0.2) is 0 Å². The number of likely N-dealkylation sites (N-methyl/N-ethyl adjacent to an activating group) is 1. The highest BCUT2D eigenvalue weighted by atomic mass is 16.2. The molecule has 0 radical (unpaired) electrons. The average Bonchev–Trinajstić information content (AvgIpc) is 2.67. The lowest BCUT2D eigenvalue weighted by atomic mass is 10.1. The monoisotopic (exact) mass is 246 g/mol. The normalized spacial score (nSPS) is 23.7. The maximum absolute atomic E-state index is 12.3. The molecule has 1 aromatic carbocycles. The minimum atomic E-state index is -0.0519. The summed E-state index contributed by atoms with van der Waals surface area (Å²) in [6, 6.07) is 10.2. The van der Waals surface area contributed by atoms with Crippen LogP contribution in [-0.4, -0.2) is 29.6 Å². The van der Waals surface area contributed by atoms with Crippen LogP contribution in [0, 0.1) is 0 Å². The molecule has 2 rings (SSSR count). The molecule has 3 heteroatoms. The minimum Gasteiger partial charge on any atom is -0.326 e. The summed E-state index contributed by atoms with van der Waals surface area (Å²) in [6.07, 6.45) is 3.14. The van der Waals surface area contributed by atoms with Crippen molar-refractivity contribution in [3.63, 3.8) is 0 Å². The zero-order chi connectivity index (χ0) is 13.0. The fourth-order valence-corrected chi connectivity index (χ4v) is 2.63. The van der Waals surface area contributed by atoms with Crippen molar-refractivity contribution in [1.29, 1.82) is 0 Å². The van der Waals surface area contributed by atoms with Crippen molar-refractivity contribution in [2.75, 3.05) is 6.54 Å². The molecule has 0 aromatic heterocycles. The van der Waals surface area contributed by atoms with Crippen LogP contribution in [0.4, 0.5) is 0 Å². The Labute approximate surface area is 109 Å². The van der Waals surface area contributed by atoms with E-state index < -0.39 is 0 Å². The predicted octanol–water partition coefficient (Wildman–Crippen LogP) is 2.18. The van der Waals surface area contributed by atoms with Gasteiger partial charge in [0.2, 0.25) is 5.91 Å². The van der Waals surface area contributed by atoms with Crippen LogP contribution < -0.4 is 5.32 Å². The van der Waals surface area contributed by atoms with E-state index in [1.54, 1.807) is 0 Å². The quantitative estimate of drug-likeness (QED) is 0.863. The Kier molecular flexibility index (Phi) is 4.37. The van der Waals surface area contributed by atoms with Gasteiger partial charge in [-0.05, 0) is 25.3 Å². The number of benzene rings is 1. The maximum Gasteiger partial charge on any atom is 0.241 e. The molecule has 1 aliphatic heterocycles. The van der Waals surface area contributed by atoms with Gasteiger partial charge in [0.1, 0.15) is 0 Å². The molecule has 1 aliphatic rings. The summed E-state index contributed by atoms with van der Waals surface area (Å²) in [7, 11) is 0. The molecule has 0 aliphatic carbocycles. The fourth-order valence-electron chi connectivity index (χ4n) is 2.63. The van der Waals surface area contributed by atoms with E-state index in [0.717, 1.165) is 25.8 Å². The van der Waals surface area contributed by atoms with Gasteiger partial charge in [-0.3, -0.25) is 10.1 Å². The van der Waals surface area contributed by atoms with E-state index in [4.69, 9.17) is 0 Å². The summed E-state index contributed by atoms with van der Waals surface area (Å²) >= 11 is 0. The topological polar surface area (TPSA) is 32.3 Å². The summed E-state index contributed by atoms with van der Waals surface area (Å²) in [4.78, 5) is 14.3. The lowest BCUT2D eigenvalue weighted by Gasteiger charge is -2.21. The van der Waals surface area contributed by atoms with E-state index in [0.29, 0.717) is 0 Å². The van der Waals surface area contributed by atoms with Crippen LogP contribution in [0.5, 0.6) is 0 Å². The fraction of sp³-hybridized carbons (Fsp3) is 0.533. The van der Waals surface area contributed by atoms with Gasteiger partial charge in [-0.15, -0.1) is 0 Å².